The molecule has 0 unspecified atom stereocenters. The molecule has 1 heterocycles. The number of thioether (sulfide) groups is 1. The summed E-state index contributed by atoms with van der Waals surface area (Å²) in [7, 11) is -3.88. The number of anilines is 1. The zero-order valence-electron chi connectivity index (χ0n) is 13.6. The van der Waals surface area contributed by atoms with Crippen molar-refractivity contribution >= 4 is 33.5 Å². The van der Waals surface area contributed by atoms with Gasteiger partial charge < -0.3 is 10.5 Å². The maximum Gasteiger partial charge on any atom is 0.419 e. The molecule has 5 N–H and O–H groups in total. The van der Waals surface area contributed by atoms with Gasteiger partial charge in [0.25, 0.3) is 10.2 Å². The second-order valence-electron chi connectivity index (χ2n) is 4.97. The average molecular weight is 444 g/mol. The molecule has 0 bridgehead atoms. The molecule has 16 heteroatoms. The first-order valence-corrected chi connectivity index (χ1v) is 9.63. The van der Waals surface area contributed by atoms with E-state index in [2.05, 4.69) is 25.4 Å². The van der Waals surface area contributed by atoms with Crippen LogP contribution in [0.25, 0.3) is 0 Å². The van der Waals surface area contributed by atoms with E-state index in [1.54, 1.807) is 0 Å². The van der Waals surface area contributed by atoms with Crippen LogP contribution in [0.1, 0.15) is 11.3 Å². The molecular weight excluding hydrogens is 432 g/mol. The van der Waals surface area contributed by atoms with Gasteiger partial charge in [-0.05, 0) is 28.5 Å². The van der Waals surface area contributed by atoms with Crippen molar-refractivity contribution in [2.45, 2.75) is 11.2 Å². The Kier molecular flexibility index (Phi) is 6.81. The van der Waals surface area contributed by atoms with Crippen molar-refractivity contribution in [2.24, 2.45) is 10.3 Å². The molecule has 2 aromatic rings. The first-order chi connectivity index (χ1) is 13.0. The number of rotatable bonds is 7. The van der Waals surface area contributed by atoms with Crippen molar-refractivity contribution in [3.8, 4) is 0 Å². The largest absolute Gasteiger partial charge is 0.419 e. The van der Waals surface area contributed by atoms with Gasteiger partial charge in [-0.1, -0.05) is 16.9 Å². The molecule has 0 saturated heterocycles. The number of amidine groups is 1. The van der Waals surface area contributed by atoms with Crippen molar-refractivity contribution in [1.82, 2.24) is 15.0 Å². The number of alkyl halides is 3. The van der Waals surface area contributed by atoms with Crippen LogP contribution in [0.5, 0.6) is 0 Å². The maximum absolute atomic E-state index is 13.4. The maximum atomic E-state index is 13.4. The normalized spacial score (nSPS) is 13.0. The lowest BCUT2D eigenvalue weighted by atomic mass is 10.1. The van der Waals surface area contributed by atoms with Crippen LogP contribution >= 0.6 is 11.8 Å². The third-order valence-corrected chi connectivity index (χ3v) is 4.52. The van der Waals surface area contributed by atoms with E-state index in [1.165, 1.54) is 0 Å². The third kappa shape index (κ3) is 6.04. The van der Waals surface area contributed by atoms with Crippen LogP contribution in [-0.4, -0.2) is 42.1 Å². The number of benzene rings is 1. The van der Waals surface area contributed by atoms with Gasteiger partial charge in [0.05, 0.1) is 5.56 Å². The number of nitrogens with one attached hydrogen (secondary N) is 2. The smallest absolute Gasteiger partial charge is 0.409 e. The van der Waals surface area contributed by atoms with E-state index in [0.29, 0.717) is 12.1 Å². The SMILES string of the molecule is NS(=O)(=O)NCCSc1nonc1/C(=N/O)Nc1ccc(F)c(C(F)(F)F)c1. The van der Waals surface area contributed by atoms with Crippen LogP contribution in [0.2, 0.25) is 0 Å². The van der Waals surface area contributed by atoms with Crippen molar-refractivity contribution in [2.75, 3.05) is 17.6 Å². The van der Waals surface area contributed by atoms with Gasteiger partial charge >= 0.3 is 6.18 Å². The molecule has 0 radical (unpaired) electrons. The fraction of sp³-hybridized carbons (Fsp3) is 0.250. The molecule has 10 nitrogen and oxygen atoms in total. The quantitative estimate of drug-likeness (QED) is 0.0949. The zero-order valence-corrected chi connectivity index (χ0v) is 15.2. The Labute approximate surface area is 159 Å². The summed E-state index contributed by atoms with van der Waals surface area (Å²) in [5, 5.41) is 26.2. The third-order valence-electron chi connectivity index (χ3n) is 2.96. The number of hydrogen-bond acceptors (Lipinski definition) is 8. The molecule has 0 fully saturated rings. The van der Waals surface area contributed by atoms with Crippen LogP contribution in [0.3, 0.4) is 0 Å². The van der Waals surface area contributed by atoms with Gasteiger partial charge in [-0.2, -0.15) is 21.6 Å². The highest BCUT2D eigenvalue weighted by Gasteiger charge is 2.34. The number of nitrogens with zero attached hydrogens (tertiary/aromatic N) is 3. The van der Waals surface area contributed by atoms with Crippen molar-refractivity contribution in [3.05, 3.63) is 35.3 Å². The fourth-order valence-corrected chi connectivity index (χ4v) is 3.11. The first-order valence-electron chi connectivity index (χ1n) is 7.10. The molecule has 0 spiro atoms. The first kappa shape index (κ1) is 21.9. The summed E-state index contributed by atoms with van der Waals surface area (Å²) in [6.45, 7) is -0.0677. The van der Waals surface area contributed by atoms with Crippen molar-refractivity contribution in [1.29, 1.82) is 0 Å². The van der Waals surface area contributed by atoms with E-state index in [4.69, 9.17) is 10.3 Å². The van der Waals surface area contributed by atoms with Crippen LogP contribution in [0, 0.1) is 5.82 Å². The van der Waals surface area contributed by atoms with Gasteiger partial charge in [-0.15, -0.1) is 0 Å². The standard InChI is InChI=1S/C12H12F4N6O4S2/c13-8-2-1-6(5-7(8)12(14,15)16)19-10(20-23)9-11(22-26-21-9)27-4-3-18-28(17,24)25/h1-2,5,18,23H,3-4H2,(H,19,20)(H2,17,24,25). The second kappa shape index (κ2) is 8.72. The molecule has 0 saturated carbocycles. The highest BCUT2D eigenvalue weighted by Crippen LogP contribution is 2.33. The van der Waals surface area contributed by atoms with Gasteiger partial charge in [0.2, 0.25) is 5.84 Å². The molecule has 0 amide bonds. The van der Waals surface area contributed by atoms with E-state index < -0.39 is 33.6 Å². The predicted octanol–water partition coefficient (Wildman–Crippen LogP) is 1.36. The van der Waals surface area contributed by atoms with Crippen LogP contribution < -0.4 is 15.2 Å². The molecule has 28 heavy (non-hydrogen) atoms. The fourth-order valence-electron chi connectivity index (χ4n) is 1.84. The molecule has 0 aliphatic heterocycles. The van der Waals surface area contributed by atoms with Gasteiger partial charge in [0.15, 0.2) is 10.7 Å². The van der Waals surface area contributed by atoms with Gasteiger partial charge in [-0.25, -0.2) is 18.9 Å². The second-order valence-corrected chi connectivity index (χ2v) is 7.43. The monoisotopic (exact) mass is 444 g/mol. The lowest BCUT2D eigenvalue weighted by molar-refractivity contribution is -0.139. The summed E-state index contributed by atoms with van der Waals surface area (Å²) in [5.41, 5.74) is -1.92. The summed E-state index contributed by atoms with van der Waals surface area (Å²) < 4.78 is 79.8. The number of halogens is 4. The van der Waals surface area contributed by atoms with E-state index >= 15 is 0 Å². The zero-order chi connectivity index (χ0) is 20.9. The lowest BCUT2D eigenvalue weighted by Gasteiger charge is -2.11. The Hall–Kier alpha value is -2.43. The Morgan fingerprint density at radius 2 is 2.07 bits per heavy atom. The molecule has 154 valence electrons. The number of nitrogens with two attached hydrogens (primary N) is 1. The minimum Gasteiger partial charge on any atom is -0.409 e. The van der Waals surface area contributed by atoms with E-state index in [-0.39, 0.29) is 28.7 Å². The number of oxime groups is 1. The molecule has 1 aromatic carbocycles. The molecular formula is C12H12F4N6O4S2. The number of hydrogen-bond donors (Lipinski definition) is 4. The highest BCUT2D eigenvalue weighted by molar-refractivity contribution is 7.99. The molecule has 0 aliphatic carbocycles. The average Bonchev–Trinajstić information content (AvgIpc) is 3.04. The minimum absolute atomic E-state index is 0.0506. The summed E-state index contributed by atoms with van der Waals surface area (Å²) >= 11 is 0.937. The van der Waals surface area contributed by atoms with Gasteiger partial charge in [0, 0.05) is 18.0 Å². The Morgan fingerprint density at radius 3 is 2.68 bits per heavy atom. The lowest BCUT2D eigenvalue weighted by Crippen LogP contribution is -2.32. The summed E-state index contributed by atoms with van der Waals surface area (Å²) in [5.74, 6) is -1.77. The highest BCUT2D eigenvalue weighted by atomic mass is 32.2. The van der Waals surface area contributed by atoms with Gasteiger partial charge in [0.1, 0.15) is 5.82 Å². The van der Waals surface area contributed by atoms with Crippen molar-refractivity contribution in [3.63, 3.8) is 0 Å². The molecule has 2 rings (SSSR count). The van der Waals surface area contributed by atoms with E-state index in [9.17, 15) is 26.0 Å². The Morgan fingerprint density at radius 1 is 1.36 bits per heavy atom. The van der Waals surface area contributed by atoms with E-state index in [1.807, 2.05) is 4.72 Å². The number of aromatic nitrogens is 2. The van der Waals surface area contributed by atoms with Crippen LogP contribution in [-0.2, 0) is 16.4 Å². The van der Waals surface area contributed by atoms with Crippen molar-refractivity contribution < 1.29 is 35.8 Å². The summed E-state index contributed by atoms with van der Waals surface area (Å²) in [4.78, 5) is 0. The molecule has 0 aliphatic rings. The van der Waals surface area contributed by atoms with Gasteiger partial charge in [-0.3, -0.25) is 0 Å². The minimum atomic E-state index is -4.93. The van der Waals surface area contributed by atoms with E-state index in [0.717, 1.165) is 17.8 Å². The van der Waals surface area contributed by atoms with Crippen LogP contribution in [0.4, 0.5) is 23.2 Å². The van der Waals surface area contributed by atoms with Crippen LogP contribution in [0.15, 0.2) is 33.0 Å². The predicted molar refractivity (Wildman–Crippen MR) is 89.5 cm³/mol. The molecule has 0 atom stereocenters. The summed E-state index contributed by atoms with van der Waals surface area (Å²) in [6, 6.07) is 2.07. The topological polar surface area (TPSA) is 156 Å². The summed E-state index contributed by atoms with van der Waals surface area (Å²) in [6.07, 6.45) is -4.93. The Balaban J connectivity index is 2.14. The Bertz CT molecular complexity index is 963. The molecule has 1 aromatic heterocycles.